The van der Waals surface area contributed by atoms with Crippen molar-refractivity contribution >= 4 is 36.2 Å². The van der Waals surface area contributed by atoms with Crippen LogP contribution in [0, 0.1) is 5.41 Å². The monoisotopic (exact) mass is 641 g/mol. The number of aromatic nitrogens is 5. The van der Waals surface area contributed by atoms with Gasteiger partial charge in [-0.2, -0.15) is 13.5 Å². The van der Waals surface area contributed by atoms with E-state index in [2.05, 4.69) is 41.0 Å². The minimum Gasteiger partial charge on any atom is -0.392 e. The summed E-state index contributed by atoms with van der Waals surface area (Å²) in [6, 6.07) is 9.61. The highest BCUT2D eigenvalue weighted by Gasteiger charge is 2.32. The number of morpholine rings is 1. The summed E-state index contributed by atoms with van der Waals surface area (Å²) in [5, 5.41) is 13.8. The highest BCUT2D eigenvalue weighted by molar-refractivity contribution is 7.59. The molecule has 6 heterocycles. The van der Waals surface area contributed by atoms with Crippen LogP contribution in [0.2, 0.25) is 0 Å². The number of aliphatic hydroxyl groups is 1. The highest BCUT2D eigenvalue weighted by Crippen LogP contribution is 2.37. The quantitative estimate of drug-likeness (QED) is 0.286. The summed E-state index contributed by atoms with van der Waals surface area (Å²) in [7, 11) is 1.68. The SMILES string of the molecule is C[C@H]1COCCN1c1ccc(Nc2cc(-c3ccnc(-n4ccn5c6c(cc5c4=O)CC(C)(C)C6)c3CO)cn(C)c2=O)nc1.S. The molecule has 1 aliphatic heterocycles. The van der Waals surface area contributed by atoms with Crippen LogP contribution in [0.25, 0.3) is 22.5 Å². The van der Waals surface area contributed by atoms with E-state index < -0.39 is 0 Å². The molecule has 0 saturated carbocycles. The minimum atomic E-state index is -0.351. The molecule has 1 fully saturated rings. The van der Waals surface area contributed by atoms with Crippen molar-refractivity contribution in [3.05, 3.63) is 98.8 Å². The van der Waals surface area contributed by atoms with E-state index in [1.807, 2.05) is 28.8 Å². The average molecular weight is 642 g/mol. The molecule has 2 N–H and O–H groups in total. The molecule has 2 aliphatic rings. The molecule has 12 heteroatoms. The first-order chi connectivity index (χ1) is 21.6. The summed E-state index contributed by atoms with van der Waals surface area (Å²) >= 11 is 0. The molecule has 0 bridgehead atoms. The van der Waals surface area contributed by atoms with Gasteiger partial charge in [-0.05, 0) is 66.6 Å². The second-order valence-electron chi connectivity index (χ2n) is 12.9. The van der Waals surface area contributed by atoms with Crippen molar-refractivity contribution < 1.29 is 9.84 Å². The Morgan fingerprint density at radius 2 is 1.91 bits per heavy atom. The van der Waals surface area contributed by atoms with Gasteiger partial charge in [-0.1, -0.05) is 13.8 Å². The number of nitrogens with zero attached hydrogens (tertiary/aromatic N) is 6. The molecule has 11 nitrogen and oxygen atoms in total. The van der Waals surface area contributed by atoms with E-state index in [0.717, 1.165) is 25.1 Å². The number of aliphatic hydroxyl groups excluding tert-OH is 1. The van der Waals surface area contributed by atoms with E-state index in [-0.39, 0.29) is 42.7 Å². The number of nitrogens with one attached hydrogen (secondary N) is 1. The number of hydrogen-bond acceptors (Lipinski definition) is 8. The molecule has 0 radical (unpaired) electrons. The average Bonchev–Trinajstić information content (AvgIpc) is 3.52. The molecule has 0 amide bonds. The first-order valence-corrected chi connectivity index (χ1v) is 15.3. The molecular weight excluding hydrogens is 602 g/mol. The third kappa shape index (κ3) is 5.50. The Labute approximate surface area is 273 Å². The third-order valence-electron chi connectivity index (χ3n) is 8.97. The van der Waals surface area contributed by atoms with Crippen LogP contribution in [0.5, 0.6) is 0 Å². The number of ether oxygens (including phenoxy) is 1. The Bertz CT molecular complexity index is 2050. The highest BCUT2D eigenvalue weighted by atomic mass is 32.1. The van der Waals surface area contributed by atoms with Crippen molar-refractivity contribution in [3.8, 4) is 16.9 Å². The van der Waals surface area contributed by atoms with E-state index >= 15 is 0 Å². The van der Waals surface area contributed by atoms with Crippen molar-refractivity contribution in [2.24, 2.45) is 12.5 Å². The standard InChI is InChI=1S/C34H37N7O4.H2S/c1-21-20-45-12-11-39(21)24-5-6-30(36-17-24)37-27-13-23(18-38(4)32(27)43)25-7-8-35-31(26(25)19-42)41-10-9-40-28(33(41)44)14-22-15-34(2,3)16-29(22)40;/h5-10,13-14,17-18,21,42H,11-12,15-16,19-20H2,1-4H3,(H,36,37);1H2/t21-;/m0./s1. The van der Waals surface area contributed by atoms with E-state index in [1.54, 1.807) is 44.0 Å². The summed E-state index contributed by atoms with van der Waals surface area (Å²) in [5.74, 6) is 0.885. The summed E-state index contributed by atoms with van der Waals surface area (Å²) < 4.78 is 10.5. The van der Waals surface area contributed by atoms with Gasteiger partial charge >= 0.3 is 0 Å². The van der Waals surface area contributed by atoms with Crippen LogP contribution >= 0.6 is 13.5 Å². The Hall–Kier alpha value is -4.39. The number of hydrogen-bond donors (Lipinski definition) is 2. The van der Waals surface area contributed by atoms with Crippen molar-refractivity contribution in [2.45, 2.75) is 46.3 Å². The van der Waals surface area contributed by atoms with Gasteiger partial charge < -0.3 is 29.0 Å². The molecule has 0 unspecified atom stereocenters. The van der Waals surface area contributed by atoms with Crippen LogP contribution in [0.1, 0.15) is 37.6 Å². The zero-order chi connectivity index (χ0) is 31.5. The second kappa shape index (κ2) is 12.1. The molecule has 0 aromatic carbocycles. The van der Waals surface area contributed by atoms with Crippen molar-refractivity contribution in [2.75, 3.05) is 30.0 Å². The molecule has 1 atom stereocenters. The van der Waals surface area contributed by atoms with E-state index in [4.69, 9.17) is 4.74 Å². The zero-order valence-electron chi connectivity index (χ0n) is 26.4. The van der Waals surface area contributed by atoms with Crippen molar-refractivity contribution in [3.63, 3.8) is 0 Å². The lowest BCUT2D eigenvalue weighted by Crippen LogP contribution is -2.43. The summed E-state index contributed by atoms with van der Waals surface area (Å²) in [6.45, 7) is 8.39. The van der Waals surface area contributed by atoms with Gasteiger partial charge in [0.05, 0.1) is 31.7 Å². The Balaban J connectivity index is 0.00000372. The van der Waals surface area contributed by atoms with Crippen LogP contribution in [0.15, 0.2) is 70.9 Å². The van der Waals surface area contributed by atoms with E-state index in [1.165, 1.54) is 20.4 Å². The number of aryl methyl sites for hydroxylation is 1. The van der Waals surface area contributed by atoms with Gasteiger partial charge in [-0.3, -0.25) is 14.2 Å². The Morgan fingerprint density at radius 1 is 1.09 bits per heavy atom. The number of fused-ring (bicyclic) bond motifs is 3. The van der Waals surface area contributed by atoms with E-state index in [0.29, 0.717) is 52.7 Å². The largest absolute Gasteiger partial charge is 0.392 e. The molecule has 1 aliphatic carbocycles. The second-order valence-corrected chi connectivity index (χ2v) is 12.9. The fourth-order valence-electron chi connectivity index (χ4n) is 6.77. The van der Waals surface area contributed by atoms with Crippen molar-refractivity contribution in [1.82, 2.24) is 23.5 Å². The lowest BCUT2D eigenvalue weighted by Gasteiger charge is -2.35. The van der Waals surface area contributed by atoms with Gasteiger partial charge in [0.1, 0.15) is 22.8 Å². The first-order valence-electron chi connectivity index (χ1n) is 15.3. The molecule has 0 spiro atoms. The van der Waals surface area contributed by atoms with Gasteiger partial charge in [-0.15, -0.1) is 0 Å². The van der Waals surface area contributed by atoms with Crippen LogP contribution in [0.3, 0.4) is 0 Å². The zero-order valence-corrected chi connectivity index (χ0v) is 27.4. The van der Waals surface area contributed by atoms with Crippen molar-refractivity contribution in [1.29, 1.82) is 0 Å². The molecule has 46 heavy (non-hydrogen) atoms. The summed E-state index contributed by atoms with van der Waals surface area (Å²) in [4.78, 5) is 38.3. The van der Waals surface area contributed by atoms with Crippen LogP contribution < -0.4 is 21.3 Å². The molecule has 5 aromatic rings. The summed E-state index contributed by atoms with van der Waals surface area (Å²) in [5.41, 5.74) is 5.87. The maximum atomic E-state index is 13.8. The minimum absolute atomic E-state index is 0. The Morgan fingerprint density at radius 3 is 2.65 bits per heavy atom. The van der Waals surface area contributed by atoms with Crippen LogP contribution in [0.4, 0.5) is 17.2 Å². The van der Waals surface area contributed by atoms with Gasteiger partial charge in [0.25, 0.3) is 11.1 Å². The van der Waals surface area contributed by atoms with Crippen LogP contribution in [-0.2, 0) is 31.2 Å². The van der Waals surface area contributed by atoms with Gasteiger partial charge in [-0.25, -0.2) is 9.97 Å². The normalized spacial score (nSPS) is 17.2. The predicted molar refractivity (Wildman–Crippen MR) is 184 cm³/mol. The maximum absolute atomic E-state index is 13.8. The number of anilines is 3. The molecule has 1 saturated heterocycles. The fourth-order valence-corrected chi connectivity index (χ4v) is 6.77. The lowest BCUT2D eigenvalue weighted by atomic mass is 9.90. The molecule has 5 aromatic heterocycles. The van der Waals surface area contributed by atoms with Gasteiger partial charge in [0.15, 0.2) is 0 Å². The maximum Gasteiger partial charge on any atom is 0.280 e. The van der Waals surface area contributed by atoms with E-state index in [9.17, 15) is 14.7 Å². The smallest absolute Gasteiger partial charge is 0.280 e. The first kappa shape index (κ1) is 31.6. The number of rotatable bonds is 6. The predicted octanol–water partition coefficient (Wildman–Crippen LogP) is 3.94. The van der Waals surface area contributed by atoms with Gasteiger partial charge in [0.2, 0.25) is 0 Å². The van der Waals surface area contributed by atoms with Gasteiger partial charge in [0, 0.05) is 61.2 Å². The lowest BCUT2D eigenvalue weighted by molar-refractivity contribution is 0.0989. The topological polar surface area (TPSA) is 119 Å². The molecule has 240 valence electrons. The third-order valence-corrected chi connectivity index (χ3v) is 8.97. The molecule has 7 rings (SSSR count). The summed E-state index contributed by atoms with van der Waals surface area (Å²) in [6.07, 6.45) is 10.6. The Kier molecular flexibility index (Phi) is 8.30. The fraction of sp³-hybridized carbons (Fsp3) is 0.353. The number of pyridine rings is 3. The van der Waals surface area contributed by atoms with Crippen LogP contribution in [-0.4, -0.2) is 54.4 Å². The molecular formula is C34H39N7O4S.